The maximum Gasteiger partial charge on any atom is 0.259 e. The van der Waals surface area contributed by atoms with Crippen molar-refractivity contribution in [3.05, 3.63) is 63.3 Å². The lowest BCUT2D eigenvalue weighted by atomic mass is 9.96. The Morgan fingerprint density at radius 2 is 2.00 bits per heavy atom. The van der Waals surface area contributed by atoms with Gasteiger partial charge in [-0.05, 0) is 38.0 Å². The fourth-order valence-electron chi connectivity index (χ4n) is 3.03. The largest absolute Gasteiger partial charge is 0.394 e. The number of hydrogen-bond donors (Lipinski definition) is 2. The van der Waals surface area contributed by atoms with Crippen LogP contribution in [0.3, 0.4) is 0 Å². The Kier molecular flexibility index (Phi) is 5.39. The van der Waals surface area contributed by atoms with Gasteiger partial charge in [-0.3, -0.25) is 4.79 Å². The van der Waals surface area contributed by atoms with Crippen LogP contribution in [0.25, 0.3) is 23.0 Å². The number of H-pyrrole nitrogens is 1. The Morgan fingerprint density at radius 3 is 2.67 bits per heavy atom. The molecule has 0 bridgehead atoms. The van der Waals surface area contributed by atoms with Gasteiger partial charge in [0.1, 0.15) is 11.7 Å². The van der Waals surface area contributed by atoms with Crippen molar-refractivity contribution >= 4 is 11.6 Å². The van der Waals surface area contributed by atoms with Gasteiger partial charge in [-0.25, -0.2) is 9.37 Å². The molecule has 1 aliphatic rings. The molecular weight excluding hydrogens is 347 g/mol. The van der Waals surface area contributed by atoms with Crippen LogP contribution in [-0.2, 0) is 10.3 Å². The van der Waals surface area contributed by atoms with Crippen molar-refractivity contribution in [2.24, 2.45) is 0 Å². The van der Waals surface area contributed by atoms with E-state index in [1.807, 2.05) is 45.0 Å². The van der Waals surface area contributed by atoms with Crippen LogP contribution in [0.5, 0.6) is 0 Å². The third-order valence-electron chi connectivity index (χ3n) is 4.64. The minimum absolute atomic E-state index is 0.0380. The topological polar surface area (TPSA) is 75.2 Å². The zero-order valence-corrected chi connectivity index (χ0v) is 15.7. The summed E-state index contributed by atoms with van der Waals surface area (Å²) in [6, 6.07) is 7.52. The maximum absolute atomic E-state index is 13.8. The lowest BCUT2D eigenvalue weighted by Gasteiger charge is -2.25. The Morgan fingerprint density at radius 1 is 1.30 bits per heavy atom. The molecule has 142 valence electrons. The molecule has 0 aliphatic heterocycles. The molecule has 3 rings (SSSR count). The molecule has 0 amide bonds. The van der Waals surface area contributed by atoms with E-state index in [2.05, 4.69) is 9.97 Å². The van der Waals surface area contributed by atoms with E-state index in [-0.39, 0.29) is 36.6 Å². The predicted octanol–water partition coefficient (Wildman–Crippen LogP) is 3.80. The quantitative estimate of drug-likeness (QED) is 0.839. The van der Waals surface area contributed by atoms with Gasteiger partial charge in [0.05, 0.1) is 30.1 Å². The molecule has 0 unspecified atom stereocenters. The number of halogens is 1. The van der Waals surface area contributed by atoms with Crippen LogP contribution < -0.4 is 5.56 Å². The van der Waals surface area contributed by atoms with E-state index in [1.165, 1.54) is 6.08 Å². The molecule has 1 heterocycles. The first-order chi connectivity index (χ1) is 12.8. The number of ether oxygens (including phenoxy) is 1. The zero-order chi connectivity index (χ0) is 19.6. The van der Waals surface area contributed by atoms with Crippen molar-refractivity contribution < 1.29 is 14.2 Å². The molecule has 0 saturated heterocycles. The van der Waals surface area contributed by atoms with Crippen molar-refractivity contribution in [1.29, 1.82) is 0 Å². The number of rotatable bonds is 5. The van der Waals surface area contributed by atoms with Gasteiger partial charge in [0.15, 0.2) is 0 Å². The summed E-state index contributed by atoms with van der Waals surface area (Å²) >= 11 is 0. The number of allylic oxidation sites excluding steroid dienone is 3. The molecule has 2 aromatic rings. The monoisotopic (exact) mass is 370 g/mol. The van der Waals surface area contributed by atoms with Crippen LogP contribution in [-0.4, -0.2) is 28.3 Å². The van der Waals surface area contributed by atoms with Crippen molar-refractivity contribution in [3.8, 4) is 11.4 Å². The molecule has 0 spiro atoms. The van der Waals surface area contributed by atoms with Crippen LogP contribution in [0.2, 0.25) is 0 Å². The highest BCUT2D eigenvalue weighted by Gasteiger charge is 2.21. The van der Waals surface area contributed by atoms with Gasteiger partial charge in [-0.15, -0.1) is 0 Å². The summed E-state index contributed by atoms with van der Waals surface area (Å²) < 4.78 is 19.4. The van der Waals surface area contributed by atoms with E-state index in [4.69, 9.17) is 9.84 Å². The minimum atomic E-state index is -0.544. The average molecular weight is 370 g/mol. The molecule has 0 atom stereocenters. The molecule has 0 fully saturated rings. The van der Waals surface area contributed by atoms with Gasteiger partial charge < -0.3 is 14.8 Å². The first kappa shape index (κ1) is 19.2. The van der Waals surface area contributed by atoms with E-state index >= 15 is 0 Å². The van der Waals surface area contributed by atoms with Crippen LogP contribution in [0.4, 0.5) is 4.39 Å². The summed E-state index contributed by atoms with van der Waals surface area (Å²) in [6.07, 6.45) is 3.15. The first-order valence-electron chi connectivity index (χ1n) is 8.85. The minimum Gasteiger partial charge on any atom is -0.394 e. The van der Waals surface area contributed by atoms with Crippen LogP contribution in [0, 0.1) is 0 Å². The molecule has 6 heteroatoms. The number of nitrogens with zero attached hydrogens (tertiary/aromatic N) is 1. The van der Waals surface area contributed by atoms with E-state index in [9.17, 15) is 9.18 Å². The third-order valence-corrected chi connectivity index (χ3v) is 4.64. The second-order valence-corrected chi connectivity index (χ2v) is 7.02. The van der Waals surface area contributed by atoms with Gasteiger partial charge in [0.2, 0.25) is 0 Å². The molecule has 5 nitrogen and oxygen atoms in total. The fraction of sp³-hybridized carbons (Fsp3) is 0.333. The maximum atomic E-state index is 13.8. The highest BCUT2D eigenvalue weighted by molar-refractivity contribution is 5.74. The van der Waals surface area contributed by atoms with Gasteiger partial charge in [0.25, 0.3) is 5.56 Å². The number of benzene rings is 1. The van der Waals surface area contributed by atoms with Gasteiger partial charge in [-0.1, -0.05) is 30.3 Å². The molecule has 2 N–H and O–H groups in total. The van der Waals surface area contributed by atoms with E-state index < -0.39 is 5.60 Å². The van der Waals surface area contributed by atoms with Crippen molar-refractivity contribution in [1.82, 2.24) is 9.97 Å². The van der Waals surface area contributed by atoms with E-state index in [1.54, 1.807) is 6.08 Å². The van der Waals surface area contributed by atoms with Gasteiger partial charge in [-0.2, -0.15) is 0 Å². The summed E-state index contributed by atoms with van der Waals surface area (Å²) in [4.78, 5) is 19.8. The highest BCUT2D eigenvalue weighted by atomic mass is 19.1. The molecule has 0 saturated carbocycles. The zero-order valence-electron chi connectivity index (χ0n) is 15.7. The number of aliphatic hydroxyl groups is 1. The van der Waals surface area contributed by atoms with Crippen LogP contribution in [0.15, 0.2) is 41.0 Å². The smallest absolute Gasteiger partial charge is 0.259 e. The average Bonchev–Trinajstić information content (AvgIpc) is 2.79. The number of aromatic nitrogens is 2. The summed E-state index contributed by atoms with van der Waals surface area (Å²) in [6.45, 7) is 5.89. The number of hydrogen-bond acceptors (Lipinski definition) is 4. The fourth-order valence-corrected chi connectivity index (χ4v) is 3.03. The Hall–Kier alpha value is -2.57. The van der Waals surface area contributed by atoms with E-state index in [0.717, 1.165) is 16.7 Å². The number of fused-ring (bicyclic) bond motifs is 1. The highest BCUT2D eigenvalue weighted by Crippen LogP contribution is 2.28. The standard InChI is InChI=1S/C21H23FN2O3/c1-13-4-9-16(22)12-17-18(13)23-19(24-20(17)26)14-5-7-15(8-6-14)21(2,3)27-11-10-25/h4-8,12,25H,9-11H2,1-3H3,(H,23,24,26). The Bertz CT molecular complexity index is 956. The second-order valence-electron chi connectivity index (χ2n) is 7.02. The summed E-state index contributed by atoms with van der Waals surface area (Å²) in [7, 11) is 0. The second kappa shape index (κ2) is 7.58. The lowest BCUT2D eigenvalue weighted by Crippen LogP contribution is -2.23. The van der Waals surface area contributed by atoms with E-state index in [0.29, 0.717) is 11.5 Å². The normalized spacial score (nSPS) is 14.3. The first-order valence-corrected chi connectivity index (χ1v) is 8.85. The number of aliphatic hydroxyl groups excluding tert-OH is 1. The number of nitrogens with one attached hydrogen (secondary N) is 1. The van der Waals surface area contributed by atoms with Crippen LogP contribution in [0.1, 0.15) is 44.0 Å². The molecule has 1 aromatic carbocycles. The summed E-state index contributed by atoms with van der Waals surface area (Å²) in [5, 5.41) is 8.95. The SMILES string of the molecule is CC1=CCC(F)=Cc2c1nc(-c1ccc(C(C)(C)OCCO)cc1)[nH]c2=O. The van der Waals surface area contributed by atoms with Gasteiger partial charge >= 0.3 is 0 Å². The Labute approximate surface area is 157 Å². The summed E-state index contributed by atoms with van der Waals surface area (Å²) in [5.74, 6) is 0.0745. The molecule has 1 aliphatic carbocycles. The van der Waals surface area contributed by atoms with Crippen LogP contribution >= 0.6 is 0 Å². The molecule has 27 heavy (non-hydrogen) atoms. The van der Waals surface area contributed by atoms with Gasteiger partial charge in [0, 0.05) is 12.0 Å². The predicted molar refractivity (Wildman–Crippen MR) is 104 cm³/mol. The van der Waals surface area contributed by atoms with Crippen molar-refractivity contribution in [2.45, 2.75) is 32.8 Å². The molecule has 0 radical (unpaired) electrons. The lowest BCUT2D eigenvalue weighted by molar-refractivity contribution is -0.0369. The summed E-state index contributed by atoms with van der Waals surface area (Å²) in [5.41, 5.74) is 2.30. The van der Waals surface area contributed by atoms with Crippen molar-refractivity contribution in [2.75, 3.05) is 13.2 Å². The Balaban J connectivity index is 1.99. The third kappa shape index (κ3) is 4.07. The molecular formula is C21H23FN2O3. The van der Waals surface area contributed by atoms with Crippen molar-refractivity contribution in [3.63, 3.8) is 0 Å². The number of aromatic amines is 1. The molecule has 1 aromatic heterocycles.